The predicted molar refractivity (Wildman–Crippen MR) is 68.2 cm³/mol. The molecule has 106 valence electrons. The third kappa shape index (κ3) is 2.24. The molecule has 0 radical (unpaired) electrons. The summed E-state index contributed by atoms with van der Waals surface area (Å²) in [6, 6.07) is 0.0482. The van der Waals surface area contributed by atoms with E-state index in [4.69, 9.17) is 16.7 Å². The maximum Gasteiger partial charge on any atom is 0.236 e. The van der Waals surface area contributed by atoms with Gasteiger partial charge < -0.3 is 21.6 Å². The number of rotatable bonds is 3. The van der Waals surface area contributed by atoms with Crippen LogP contribution < -0.4 is 11.5 Å². The first-order valence-electron chi connectivity index (χ1n) is 6.51. The largest absolute Gasteiger partial charge is 0.409 e. The van der Waals surface area contributed by atoms with Crippen molar-refractivity contribution >= 4 is 17.6 Å². The minimum absolute atomic E-state index is 0.0362. The summed E-state index contributed by atoms with van der Waals surface area (Å²) in [4.78, 5) is 25.5. The van der Waals surface area contributed by atoms with Crippen molar-refractivity contribution in [1.29, 1.82) is 0 Å². The molecule has 5 N–H and O–H groups in total. The number of amides is 2. The van der Waals surface area contributed by atoms with Gasteiger partial charge in [-0.1, -0.05) is 5.16 Å². The fourth-order valence-electron chi connectivity index (χ4n) is 2.70. The first-order valence-corrected chi connectivity index (χ1v) is 6.51. The average Bonchev–Trinajstić information content (AvgIpc) is 3.18. The average molecular weight is 268 g/mol. The fraction of sp³-hybridized carbons (Fsp3) is 0.750. The van der Waals surface area contributed by atoms with Gasteiger partial charge in [0.1, 0.15) is 5.41 Å². The smallest absolute Gasteiger partial charge is 0.236 e. The van der Waals surface area contributed by atoms with E-state index in [1.54, 1.807) is 4.90 Å². The van der Waals surface area contributed by atoms with Crippen LogP contribution in [0.3, 0.4) is 0 Å². The van der Waals surface area contributed by atoms with Gasteiger partial charge in [0.15, 0.2) is 5.84 Å². The number of amidine groups is 1. The van der Waals surface area contributed by atoms with Gasteiger partial charge in [-0.2, -0.15) is 0 Å². The summed E-state index contributed by atoms with van der Waals surface area (Å²) in [7, 11) is 0. The third-order valence-electron chi connectivity index (χ3n) is 4.30. The number of nitrogens with zero attached hydrogens (tertiary/aromatic N) is 2. The third-order valence-corrected chi connectivity index (χ3v) is 4.30. The maximum absolute atomic E-state index is 12.6. The molecule has 7 heteroatoms. The number of carbonyl (C=O) groups is 2. The van der Waals surface area contributed by atoms with Gasteiger partial charge in [-0.3, -0.25) is 9.59 Å². The highest BCUT2D eigenvalue weighted by molar-refractivity contribution is 6.09. The first kappa shape index (κ1) is 13.6. The van der Waals surface area contributed by atoms with Crippen LogP contribution in [0.15, 0.2) is 5.16 Å². The Hall–Kier alpha value is -1.79. The Morgan fingerprint density at radius 2 is 1.95 bits per heavy atom. The number of hydrogen-bond acceptors (Lipinski definition) is 4. The fourth-order valence-corrected chi connectivity index (χ4v) is 2.70. The van der Waals surface area contributed by atoms with E-state index in [-0.39, 0.29) is 29.6 Å². The molecule has 2 amide bonds. The second-order valence-electron chi connectivity index (χ2n) is 5.55. The number of piperidine rings is 1. The zero-order valence-electron chi connectivity index (χ0n) is 11.0. The second-order valence-corrected chi connectivity index (χ2v) is 5.55. The van der Waals surface area contributed by atoms with Gasteiger partial charge in [-0.05, 0) is 32.6 Å². The van der Waals surface area contributed by atoms with Gasteiger partial charge in [0.25, 0.3) is 0 Å². The van der Waals surface area contributed by atoms with Crippen molar-refractivity contribution < 1.29 is 14.8 Å². The highest BCUT2D eigenvalue weighted by atomic mass is 16.4. The lowest BCUT2D eigenvalue weighted by Gasteiger charge is -2.38. The van der Waals surface area contributed by atoms with Gasteiger partial charge in [0.05, 0.1) is 5.92 Å². The molecule has 0 bridgehead atoms. The van der Waals surface area contributed by atoms with Crippen LogP contribution >= 0.6 is 0 Å². The normalized spacial score (nSPS) is 29.9. The predicted octanol–water partition coefficient (Wildman–Crippen LogP) is -0.375. The molecule has 2 fully saturated rings. The standard InChI is InChI=1S/C12H20N4O3/c1-7-2-3-8(9(13)17)6-16(7)11(18)12(4-5-12)10(14)15-19/h7-8,19H,2-6H2,1H3,(H2,13,17)(H2,14,15). The minimum atomic E-state index is -0.859. The van der Waals surface area contributed by atoms with Crippen LogP contribution in [0.25, 0.3) is 0 Å². The molecular formula is C12H20N4O3. The molecule has 2 unspecified atom stereocenters. The summed E-state index contributed by atoms with van der Waals surface area (Å²) < 4.78 is 0. The lowest BCUT2D eigenvalue weighted by molar-refractivity contribution is -0.140. The van der Waals surface area contributed by atoms with E-state index in [2.05, 4.69) is 5.16 Å². The summed E-state index contributed by atoms with van der Waals surface area (Å²) in [6.07, 6.45) is 2.63. The molecule has 19 heavy (non-hydrogen) atoms. The number of primary amides is 1. The Kier molecular flexibility index (Phi) is 3.38. The number of hydrogen-bond donors (Lipinski definition) is 3. The van der Waals surface area contributed by atoms with Crippen molar-refractivity contribution in [2.24, 2.45) is 28.0 Å². The van der Waals surface area contributed by atoms with Gasteiger partial charge in [-0.15, -0.1) is 0 Å². The van der Waals surface area contributed by atoms with Gasteiger partial charge in [0.2, 0.25) is 11.8 Å². The molecule has 0 aromatic heterocycles. The molecular weight excluding hydrogens is 248 g/mol. The lowest BCUT2D eigenvalue weighted by Crippen LogP contribution is -2.53. The quantitative estimate of drug-likeness (QED) is 0.279. The highest BCUT2D eigenvalue weighted by Crippen LogP contribution is 2.48. The van der Waals surface area contributed by atoms with Gasteiger partial charge in [0, 0.05) is 12.6 Å². The molecule has 1 aliphatic carbocycles. The zero-order valence-corrected chi connectivity index (χ0v) is 11.0. The van der Waals surface area contributed by atoms with Gasteiger partial charge >= 0.3 is 0 Å². The Labute approximate surface area is 111 Å². The molecule has 1 heterocycles. The Morgan fingerprint density at radius 3 is 2.42 bits per heavy atom. The number of nitrogens with two attached hydrogens (primary N) is 2. The molecule has 7 nitrogen and oxygen atoms in total. The molecule has 1 saturated heterocycles. The highest BCUT2D eigenvalue weighted by Gasteiger charge is 2.56. The van der Waals surface area contributed by atoms with Crippen molar-refractivity contribution in [3.05, 3.63) is 0 Å². The Bertz CT molecular complexity index is 431. The number of oxime groups is 1. The number of likely N-dealkylation sites (tertiary alicyclic amines) is 1. The van der Waals surface area contributed by atoms with Crippen LogP contribution in [0.2, 0.25) is 0 Å². The molecule has 1 aliphatic heterocycles. The lowest BCUT2D eigenvalue weighted by atomic mass is 9.91. The molecule has 0 aromatic rings. The summed E-state index contributed by atoms with van der Waals surface area (Å²) in [5.41, 5.74) is 10.1. The number of carbonyl (C=O) groups excluding carboxylic acids is 2. The minimum Gasteiger partial charge on any atom is -0.409 e. The maximum atomic E-state index is 12.6. The van der Waals surface area contributed by atoms with E-state index in [0.717, 1.165) is 6.42 Å². The van der Waals surface area contributed by atoms with E-state index in [1.165, 1.54) is 0 Å². The topological polar surface area (TPSA) is 122 Å². The van der Waals surface area contributed by atoms with E-state index in [0.29, 0.717) is 25.8 Å². The van der Waals surface area contributed by atoms with Crippen LogP contribution in [0.1, 0.15) is 32.6 Å². The SMILES string of the molecule is CC1CCC(C(N)=O)CN1C(=O)C1(C(N)=NO)CC1. The molecule has 0 aromatic carbocycles. The zero-order chi connectivity index (χ0) is 14.2. The summed E-state index contributed by atoms with van der Waals surface area (Å²) in [6.45, 7) is 2.27. The summed E-state index contributed by atoms with van der Waals surface area (Å²) >= 11 is 0. The van der Waals surface area contributed by atoms with Crippen LogP contribution in [-0.4, -0.2) is 40.3 Å². The van der Waals surface area contributed by atoms with Gasteiger partial charge in [-0.25, -0.2) is 0 Å². The van der Waals surface area contributed by atoms with Crippen LogP contribution in [0, 0.1) is 11.3 Å². The van der Waals surface area contributed by atoms with Crippen molar-refractivity contribution in [3.8, 4) is 0 Å². The molecule has 1 saturated carbocycles. The molecule has 2 aliphatic rings. The van der Waals surface area contributed by atoms with E-state index in [1.807, 2.05) is 6.92 Å². The van der Waals surface area contributed by atoms with E-state index < -0.39 is 5.41 Å². The second kappa shape index (κ2) is 4.71. The summed E-state index contributed by atoms with van der Waals surface area (Å²) in [5, 5.41) is 11.8. The van der Waals surface area contributed by atoms with Crippen LogP contribution in [0.5, 0.6) is 0 Å². The van der Waals surface area contributed by atoms with Crippen LogP contribution in [0.4, 0.5) is 0 Å². The van der Waals surface area contributed by atoms with Crippen LogP contribution in [-0.2, 0) is 9.59 Å². The van der Waals surface area contributed by atoms with E-state index >= 15 is 0 Å². The van der Waals surface area contributed by atoms with Crippen molar-refractivity contribution in [2.75, 3.05) is 6.54 Å². The molecule has 2 atom stereocenters. The summed E-state index contributed by atoms with van der Waals surface area (Å²) in [5.74, 6) is -0.867. The van der Waals surface area contributed by atoms with Crippen molar-refractivity contribution in [1.82, 2.24) is 4.90 Å². The van der Waals surface area contributed by atoms with E-state index in [9.17, 15) is 9.59 Å². The first-order chi connectivity index (χ1) is 8.92. The molecule has 0 spiro atoms. The van der Waals surface area contributed by atoms with Crippen molar-refractivity contribution in [2.45, 2.75) is 38.6 Å². The molecule has 2 rings (SSSR count). The Morgan fingerprint density at radius 1 is 1.32 bits per heavy atom. The Balaban J connectivity index is 2.16. The monoisotopic (exact) mass is 268 g/mol. The van der Waals surface area contributed by atoms with Crippen molar-refractivity contribution in [3.63, 3.8) is 0 Å².